The zero-order valence-electron chi connectivity index (χ0n) is 11.8. The molecule has 3 N–H and O–H groups in total. The lowest BCUT2D eigenvalue weighted by Gasteiger charge is -2.35. The van der Waals surface area contributed by atoms with Gasteiger partial charge >= 0.3 is 0 Å². The van der Waals surface area contributed by atoms with Crippen LogP contribution in [0.5, 0.6) is 0 Å². The minimum absolute atomic E-state index is 0.131. The molecule has 0 aromatic heterocycles. The summed E-state index contributed by atoms with van der Waals surface area (Å²) in [5, 5.41) is 3.28. The van der Waals surface area contributed by atoms with E-state index in [1.165, 1.54) is 11.1 Å². The maximum atomic E-state index is 12.4. The van der Waals surface area contributed by atoms with E-state index < -0.39 is 0 Å². The topological polar surface area (TPSA) is 58.4 Å². The van der Waals surface area contributed by atoms with Crippen LogP contribution in [-0.4, -0.2) is 43.0 Å². The maximum Gasteiger partial charge on any atom is 0.227 e. The Kier molecular flexibility index (Phi) is 4.56. The number of nitrogens with two attached hydrogens (primary N) is 1. The fourth-order valence-electron chi connectivity index (χ4n) is 2.56. The number of aryl methyl sites for hydroxylation is 2. The van der Waals surface area contributed by atoms with Gasteiger partial charge in [0.1, 0.15) is 0 Å². The molecule has 1 unspecified atom stereocenters. The van der Waals surface area contributed by atoms with Crippen molar-refractivity contribution in [2.45, 2.75) is 26.3 Å². The normalized spacial score (nSPS) is 19.5. The van der Waals surface area contributed by atoms with E-state index in [0.717, 1.165) is 25.2 Å². The number of nitrogens with one attached hydrogen (secondary N) is 1. The van der Waals surface area contributed by atoms with Crippen LogP contribution in [0.4, 0.5) is 0 Å². The lowest BCUT2D eigenvalue weighted by molar-refractivity contribution is -0.133. The molecular formula is C15H23N3O. The van der Waals surface area contributed by atoms with Crippen molar-refractivity contribution in [1.82, 2.24) is 10.2 Å². The van der Waals surface area contributed by atoms with Gasteiger partial charge in [0.05, 0.1) is 12.5 Å². The first-order valence-electron chi connectivity index (χ1n) is 6.88. The van der Waals surface area contributed by atoms with Crippen LogP contribution in [0.15, 0.2) is 18.2 Å². The highest BCUT2D eigenvalue weighted by Crippen LogP contribution is 2.14. The minimum Gasteiger partial charge on any atom is -0.336 e. The third kappa shape index (κ3) is 3.33. The van der Waals surface area contributed by atoms with Gasteiger partial charge in [-0.1, -0.05) is 23.8 Å². The summed E-state index contributed by atoms with van der Waals surface area (Å²) in [7, 11) is 0. The molecule has 1 atom stereocenters. The zero-order chi connectivity index (χ0) is 13.8. The lowest BCUT2D eigenvalue weighted by Crippen LogP contribution is -2.56. The standard InChI is InChI=1S/C15H23N3O/c1-11-3-4-12(2)13(7-11)8-15(19)18-6-5-17-10-14(18)9-16/h3-4,7,14,17H,5-6,8-10,16H2,1-2H3. The summed E-state index contributed by atoms with van der Waals surface area (Å²) in [5.74, 6) is 0.186. The average Bonchev–Trinajstić information content (AvgIpc) is 2.42. The summed E-state index contributed by atoms with van der Waals surface area (Å²) in [4.78, 5) is 14.4. The smallest absolute Gasteiger partial charge is 0.227 e. The third-order valence-corrected chi connectivity index (χ3v) is 3.79. The van der Waals surface area contributed by atoms with Gasteiger partial charge in [0.25, 0.3) is 0 Å². The van der Waals surface area contributed by atoms with Crippen molar-refractivity contribution in [3.63, 3.8) is 0 Å². The first-order chi connectivity index (χ1) is 9.11. The predicted octanol–water partition coefficient (Wildman–Crippen LogP) is 0.605. The van der Waals surface area contributed by atoms with Crippen LogP contribution in [0, 0.1) is 13.8 Å². The first-order valence-corrected chi connectivity index (χ1v) is 6.88. The number of nitrogens with zero attached hydrogens (tertiary/aromatic N) is 1. The van der Waals surface area contributed by atoms with E-state index in [2.05, 4.69) is 37.4 Å². The maximum absolute atomic E-state index is 12.4. The highest BCUT2D eigenvalue weighted by Gasteiger charge is 2.25. The molecule has 1 aromatic carbocycles. The van der Waals surface area contributed by atoms with E-state index in [0.29, 0.717) is 13.0 Å². The second kappa shape index (κ2) is 6.17. The monoisotopic (exact) mass is 261 g/mol. The average molecular weight is 261 g/mol. The number of piperazine rings is 1. The van der Waals surface area contributed by atoms with Crippen LogP contribution in [0.3, 0.4) is 0 Å². The Labute approximate surface area is 115 Å². The molecule has 4 nitrogen and oxygen atoms in total. The summed E-state index contributed by atoms with van der Waals surface area (Å²) in [5.41, 5.74) is 9.25. The Morgan fingerprint density at radius 2 is 2.26 bits per heavy atom. The lowest BCUT2D eigenvalue weighted by atomic mass is 10.0. The number of hydrogen-bond donors (Lipinski definition) is 2. The Morgan fingerprint density at radius 1 is 1.47 bits per heavy atom. The van der Waals surface area contributed by atoms with Gasteiger partial charge in [-0.3, -0.25) is 4.79 Å². The van der Waals surface area contributed by atoms with Crippen molar-refractivity contribution < 1.29 is 4.79 Å². The molecule has 0 radical (unpaired) electrons. The molecular weight excluding hydrogens is 238 g/mol. The molecule has 0 saturated carbocycles. The van der Waals surface area contributed by atoms with Gasteiger partial charge in [-0.25, -0.2) is 0 Å². The number of carbonyl (C=O) groups excluding carboxylic acids is 1. The Bertz CT molecular complexity index is 459. The molecule has 19 heavy (non-hydrogen) atoms. The van der Waals surface area contributed by atoms with Crippen LogP contribution in [0.1, 0.15) is 16.7 Å². The quantitative estimate of drug-likeness (QED) is 0.838. The van der Waals surface area contributed by atoms with Crippen LogP contribution in [0.25, 0.3) is 0 Å². The van der Waals surface area contributed by atoms with Crippen molar-refractivity contribution >= 4 is 5.91 Å². The minimum atomic E-state index is 0.131. The van der Waals surface area contributed by atoms with Gasteiger partial charge in [-0.15, -0.1) is 0 Å². The SMILES string of the molecule is Cc1ccc(C)c(CC(=O)N2CCNCC2CN)c1. The van der Waals surface area contributed by atoms with E-state index in [4.69, 9.17) is 5.73 Å². The molecule has 2 rings (SSSR count). The van der Waals surface area contributed by atoms with Crippen LogP contribution in [-0.2, 0) is 11.2 Å². The van der Waals surface area contributed by atoms with Crippen LogP contribution < -0.4 is 11.1 Å². The molecule has 1 aliphatic heterocycles. The molecule has 104 valence electrons. The fourth-order valence-corrected chi connectivity index (χ4v) is 2.56. The summed E-state index contributed by atoms with van der Waals surface area (Å²) in [6, 6.07) is 6.39. The molecule has 1 heterocycles. The second-order valence-electron chi connectivity index (χ2n) is 5.29. The van der Waals surface area contributed by atoms with Crippen molar-refractivity contribution in [3.8, 4) is 0 Å². The van der Waals surface area contributed by atoms with Gasteiger partial charge in [0.2, 0.25) is 5.91 Å². The van der Waals surface area contributed by atoms with Gasteiger partial charge in [-0.05, 0) is 25.0 Å². The molecule has 1 saturated heterocycles. The molecule has 1 amide bonds. The highest BCUT2D eigenvalue weighted by atomic mass is 16.2. The van der Waals surface area contributed by atoms with Gasteiger partial charge < -0.3 is 16.0 Å². The summed E-state index contributed by atoms with van der Waals surface area (Å²) in [6.45, 7) is 7.04. The number of carbonyl (C=O) groups is 1. The van der Waals surface area contributed by atoms with E-state index in [1.807, 2.05) is 4.90 Å². The fraction of sp³-hybridized carbons (Fsp3) is 0.533. The Morgan fingerprint density at radius 3 is 3.00 bits per heavy atom. The van der Waals surface area contributed by atoms with Crippen molar-refractivity contribution in [1.29, 1.82) is 0 Å². The zero-order valence-corrected chi connectivity index (χ0v) is 11.8. The van der Waals surface area contributed by atoms with E-state index in [-0.39, 0.29) is 11.9 Å². The van der Waals surface area contributed by atoms with Crippen molar-refractivity contribution in [3.05, 3.63) is 34.9 Å². The third-order valence-electron chi connectivity index (χ3n) is 3.79. The molecule has 0 spiro atoms. The number of rotatable bonds is 3. The van der Waals surface area contributed by atoms with Gasteiger partial charge in [-0.2, -0.15) is 0 Å². The van der Waals surface area contributed by atoms with E-state index in [1.54, 1.807) is 0 Å². The molecule has 1 fully saturated rings. The van der Waals surface area contributed by atoms with Gasteiger partial charge in [0.15, 0.2) is 0 Å². The Hall–Kier alpha value is -1.39. The molecule has 1 aromatic rings. The van der Waals surface area contributed by atoms with Crippen molar-refractivity contribution in [2.75, 3.05) is 26.2 Å². The largest absolute Gasteiger partial charge is 0.336 e. The number of benzene rings is 1. The predicted molar refractivity (Wildman–Crippen MR) is 77.0 cm³/mol. The summed E-state index contributed by atoms with van der Waals surface area (Å²) >= 11 is 0. The van der Waals surface area contributed by atoms with Gasteiger partial charge in [0, 0.05) is 26.2 Å². The van der Waals surface area contributed by atoms with E-state index >= 15 is 0 Å². The first kappa shape index (κ1) is 14.0. The van der Waals surface area contributed by atoms with Crippen molar-refractivity contribution in [2.24, 2.45) is 5.73 Å². The molecule has 0 bridgehead atoms. The second-order valence-corrected chi connectivity index (χ2v) is 5.29. The molecule has 0 aliphatic carbocycles. The number of hydrogen-bond acceptors (Lipinski definition) is 3. The summed E-state index contributed by atoms with van der Waals surface area (Å²) < 4.78 is 0. The van der Waals surface area contributed by atoms with E-state index in [9.17, 15) is 4.79 Å². The molecule has 4 heteroatoms. The Balaban J connectivity index is 2.09. The number of amides is 1. The van der Waals surface area contributed by atoms with Crippen LogP contribution in [0.2, 0.25) is 0 Å². The highest BCUT2D eigenvalue weighted by molar-refractivity contribution is 5.79. The van der Waals surface area contributed by atoms with Crippen LogP contribution >= 0.6 is 0 Å². The summed E-state index contributed by atoms with van der Waals surface area (Å²) in [6.07, 6.45) is 0.476. The molecule has 1 aliphatic rings.